The van der Waals surface area contributed by atoms with Gasteiger partial charge in [-0.2, -0.15) is 0 Å². The van der Waals surface area contributed by atoms with Crippen LogP contribution >= 0.6 is 0 Å². The average Bonchev–Trinajstić information content (AvgIpc) is 2.99. The Hall–Kier alpha value is -0.640. The van der Waals surface area contributed by atoms with Crippen LogP contribution in [0, 0.1) is 34.5 Å². The summed E-state index contributed by atoms with van der Waals surface area (Å²) in [6.07, 6.45) is 9.96. The molecule has 3 nitrogen and oxygen atoms in total. The topological polar surface area (TPSA) is 60.7 Å². The first-order chi connectivity index (χ1) is 14.1. The van der Waals surface area contributed by atoms with Gasteiger partial charge in [-0.1, -0.05) is 60.0 Å². The molecule has 4 rings (SSSR count). The molecule has 0 amide bonds. The van der Waals surface area contributed by atoms with Crippen molar-refractivity contribution in [2.75, 3.05) is 0 Å². The first-order valence-electron chi connectivity index (χ1n) is 12.6. The van der Waals surface area contributed by atoms with Crippen molar-refractivity contribution in [2.45, 2.75) is 111 Å². The van der Waals surface area contributed by atoms with E-state index in [9.17, 15) is 15.3 Å². The van der Waals surface area contributed by atoms with Crippen LogP contribution in [-0.2, 0) is 0 Å². The van der Waals surface area contributed by atoms with Crippen LogP contribution in [0.1, 0.15) is 92.4 Å². The lowest BCUT2D eigenvalue weighted by Crippen LogP contribution is -2.52. The Morgan fingerprint density at radius 3 is 2.43 bits per heavy atom. The Bertz CT molecular complexity index is 722. The summed E-state index contributed by atoms with van der Waals surface area (Å²) >= 11 is 0. The summed E-state index contributed by atoms with van der Waals surface area (Å²) in [4.78, 5) is 0. The molecule has 4 aliphatic rings. The molecule has 1 fully saturated rings. The second-order valence-electron chi connectivity index (χ2n) is 12.0. The minimum atomic E-state index is -0.676. The predicted molar refractivity (Wildman–Crippen MR) is 122 cm³/mol. The highest BCUT2D eigenvalue weighted by atomic mass is 16.3. The van der Waals surface area contributed by atoms with Crippen LogP contribution in [0.15, 0.2) is 22.8 Å². The van der Waals surface area contributed by atoms with Gasteiger partial charge in [-0.15, -0.1) is 0 Å². The molecule has 0 aromatic heterocycles. The van der Waals surface area contributed by atoms with Crippen molar-refractivity contribution >= 4 is 0 Å². The molecule has 30 heavy (non-hydrogen) atoms. The van der Waals surface area contributed by atoms with Crippen LogP contribution in [0.5, 0.6) is 0 Å². The molecule has 8 atom stereocenters. The second kappa shape index (κ2) is 8.05. The number of hydrogen-bond donors (Lipinski definition) is 3. The Labute approximate surface area is 183 Å². The summed E-state index contributed by atoms with van der Waals surface area (Å²) < 4.78 is 0. The molecule has 4 aliphatic carbocycles. The molecule has 170 valence electrons. The van der Waals surface area contributed by atoms with Crippen LogP contribution in [0.3, 0.4) is 0 Å². The lowest BCUT2D eigenvalue weighted by Gasteiger charge is -2.56. The molecule has 0 radical (unpaired) electrons. The second-order valence-corrected chi connectivity index (χ2v) is 12.0. The van der Waals surface area contributed by atoms with Gasteiger partial charge in [0.05, 0.1) is 18.3 Å². The summed E-state index contributed by atoms with van der Waals surface area (Å²) in [6, 6.07) is 0. The van der Waals surface area contributed by atoms with Crippen LogP contribution in [0.25, 0.3) is 0 Å². The minimum absolute atomic E-state index is 0.0749. The fraction of sp³-hybridized carbons (Fsp3) is 0.852. The van der Waals surface area contributed by atoms with Crippen molar-refractivity contribution in [1.29, 1.82) is 0 Å². The van der Waals surface area contributed by atoms with E-state index in [0.29, 0.717) is 30.6 Å². The van der Waals surface area contributed by atoms with E-state index in [0.717, 1.165) is 31.6 Å². The van der Waals surface area contributed by atoms with E-state index in [1.54, 1.807) is 0 Å². The molecular formula is C27H44O3. The number of fused-ring (bicyclic) bond motifs is 4. The van der Waals surface area contributed by atoms with Gasteiger partial charge >= 0.3 is 0 Å². The Morgan fingerprint density at radius 2 is 1.73 bits per heavy atom. The van der Waals surface area contributed by atoms with Crippen molar-refractivity contribution in [3.63, 3.8) is 0 Å². The number of rotatable bonds is 5. The van der Waals surface area contributed by atoms with Gasteiger partial charge in [0.2, 0.25) is 0 Å². The first-order valence-corrected chi connectivity index (χ1v) is 12.6. The third kappa shape index (κ3) is 3.53. The lowest BCUT2D eigenvalue weighted by atomic mass is 9.50. The predicted octanol–water partition coefficient (Wildman–Crippen LogP) is 5.39. The highest BCUT2D eigenvalue weighted by molar-refractivity contribution is 5.51. The van der Waals surface area contributed by atoms with Gasteiger partial charge in [0, 0.05) is 0 Å². The van der Waals surface area contributed by atoms with Crippen molar-refractivity contribution < 1.29 is 15.3 Å². The number of aliphatic hydroxyl groups excluding tert-OH is 3. The van der Waals surface area contributed by atoms with E-state index in [1.807, 2.05) is 0 Å². The third-order valence-electron chi connectivity index (χ3n) is 9.60. The monoisotopic (exact) mass is 416 g/mol. The molecule has 1 unspecified atom stereocenters. The zero-order chi connectivity index (χ0) is 21.8. The molecule has 3 heteroatoms. The maximum absolute atomic E-state index is 11.5. The molecule has 0 heterocycles. The van der Waals surface area contributed by atoms with Gasteiger partial charge in [-0.3, -0.25) is 0 Å². The largest absolute Gasteiger partial charge is 0.390 e. The van der Waals surface area contributed by atoms with Gasteiger partial charge in [-0.25, -0.2) is 0 Å². The van der Waals surface area contributed by atoms with Gasteiger partial charge < -0.3 is 15.3 Å². The molecule has 0 aromatic carbocycles. The van der Waals surface area contributed by atoms with Crippen molar-refractivity contribution in [3.05, 3.63) is 22.8 Å². The highest BCUT2D eigenvalue weighted by Gasteiger charge is 2.56. The quantitative estimate of drug-likeness (QED) is 0.563. The maximum Gasteiger partial charge on any atom is 0.0807 e. The van der Waals surface area contributed by atoms with Gasteiger partial charge in [0.1, 0.15) is 0 Å². The minimum Gasteiger partial charge on any atom is -0.390 e. The Balaban J connectivity index is 1.61. The van der Waals surface area contributed by atoms with E-state index < -0.39 is 18.3 Å². The molecule has 0 spiro atoms. The summed E-state index contributed by atoms with van der Waals surface area (Å²) in [5.41, 5.74) is 4.03. The number of hydrogen-bond acceptors (Lipinski definition) is 3. The van der Waals surface area contributed by atoms with E-state index in [4.69, 9.17) is 0 Å². The van der Waals surface area contributed by atoms with Crippen LogP contribution in [0.2, 0.25) is 0 Å². The van der Waals surface area contributed by atoms with Crippen LogP contribution in [-0.4, -0.2) is 33.6 Å². The normalized spacial score (nSPS) is 44.4. The first kappa shape index (κ1) is 22.6. The molecule has 0 bridgehead atoms. The SMILES string of the molecule is CC(C)CCC[C@@H](C)[C@H]1CC=C2C3=C([C@@H](O)C[C@@]21C)[C@@]1(C)C[C@@H](O)[C@H](O)CC1CC3. The van der Waals surface area contributed by atoms with E-state index in [2.05, 4.69) is 40.7 Å². The Kier molecular flexibility index (Phi) is 6.05. The number of allylic oxidation sites excluding steroid dienone is 3. The fourth-order valence-corrected chi connectivity index (χ4v) is 7.95. The van der Waals surface area contributed by atoms with E-state index in [-0.39, 0.29) is 10.8 Å². The zero-order valence-electron chi connectivity index (χ0n) is 19.8. The third-order valence-corrected chi connectivity index (χ3v) is 9.60. The molecule has 1 saturated carbocycles. The molecule has 3 N–H and O–H groups in total. The summed E-state index contributed by atoms with van der Waals surface area (Å²) in [5, 5.41) is 32.2. The molecular weight excluding hydrogens is 372 g/mol. The van der Waals surface area contributed by atoms with E-state index >= 15 is 0 Å². The van der Waals surface area contributed by atoms with Crippen molar-refractivity contribution in [1.82, 2.24) is 0 Å². The highest BCUT2D eigenvalue weighted by Crippen LogP contribution is 2.64. The number of aliphatic hydroxyl groups is 3. The van der Waals surface area contributed by atoms with Gasteiger partial charge in [-0.05, 0) is 89.7 Å². The van der Waals surface area contributed by atoms with Crippen LogP contribution < -0.4 is 0 Å². The molecule has 0 aliphatic heterocycles. The lowest BCUT2D eigenvalue weighted by molar-refractivity contribution is -0.0805. The Morgan fingerprint density at radius 1 is 1.00 bits per heavy atom. The molecule has 0 aromatic rings. The smallest absolute Gasteiger partial charge is 0.0807 e. The summed E-state index contributed by atoms with van der Waals surface area (Å²) in [7, 11) is 0. The zero-order valence-corrected chi connectivity index (χ0v) is 19.8. The molecule has 0 saturated heterocycles. The van der Waals surface area contributed by atoms with E-state index in [1.165, 1.54) is 36.0 Å². The van der Waals surface area contributed by atoms with Crippen molar-refractivity contribution in [2.24, 2.45) is 34.5 Å². The summed E-state index contributed by atoms with van der Waals surface area (Å²) in [5.74, 6) is 2.43. The van der Waals surface area contributed by atoms with Crippen LogP contribution in [0.4, 0.5) is 0 Å². The van der Waals surface area contributed by atoms with Gasteiger partial charge in [0.25, 0.3) is 0 Å². The summed E-state index contributed by atoms with van der Waals surface area (Å²) in [6.45, 7) is 11.7. The fourth-order valence-electron chi connectivity index (χ4n) is 7.95. The van der Waals surface area contributed by atoms with Crippen molar-refractivity contribution in [3.8, 4) is 0 Å². The standard InChI is InChI=1S/C27H44O3/c1-16(2)7-6-8-17(3)20-11-12-21-19-10-9-18-13-22(28)23(29)14-26(18,4)25(19)24(30)15-27(20,21)5/h12,16-18,20,22-24,28-30H,6-11,13-15H2,1-5H3/t17-,18?,20-,22-,23-,24+,26+,27-/m1/s1. The van der Waals surface area contributed by atoms with Gasteiger partial charge in [0.15, 0.2) is 0 Å². The maximum atomic E-state index is 11.5. The average molecular weight is 417 g/mol.